The number of halogens is 1. The van der Waals surface area contributed by atoms with E-state index in [1.165, 1.54) is 30.5 Å². The maximum absolute atomic E-state index is 11.2. The maximum atomic E-state index is 11.2. The van der Waals surface area contributed by atoms with E-state index in [2.05, 4.69) is 9.97 Å². The molecule has 0 saturated carbocycles. The number of aromatic nitrogens is 2. The summed E-state index contributed by atoms with van der Waals surface area (Å²) < 4.78 is 54.8. The lowest BCUT2D eigenvalue weighted by molar-refractivity contribution is 0.300. The standard InChI is InChI=1S/C17H14ClNO5S.C17H15NO3/c1-22-14-4-2-12(3-5-14)17-19-13(11-24-17)10-23-15-6-8-16(9-7-15)25(18,20)21;1-19-15-9-7-13(8-10-15)17-18-14(12-21-17)11-20-16-5-3-2-4-6-16/h2-9,11H,10H2,1H3;2-10,12H,11H2,1H3. The van der Waals surface area contributed by atoms with Crippen molar-refractivity contribution in [2.24, 2.45) is 0 Å². The second-order valence-electron chi connectivity index (χ2n) is 9.54. The molecule has 0 radical (unpaired) electrons. The van der Waals surface area contributed by atoms with Crippen molar-refractivity contribution in [3.05, 3.63) is 127 Å². The summed E-state index contributed by atoms with van der Waals surface area (Å²) in [5, 5.41) is 0. The fourth-order valence-corrected chi connectivity index (χ4v) is 4.78. The summed E-state index contributed by atoms with van der Waals surface area (Å²) in [4.78, 5) is 8.80. The van der Waals surface area contributed by atoms with Crippen LogP contribution in [-0.4, -0.2) is 32.6 Å². The lowest BCUT2D eigenvalue weighted by Crippen LogP contribution is -1.96. The fraction of sp³-hybridized carbons (Fsp3) is 0.118. The molecule has 10 nitrogen and oxygen atoms in total. The Morgan fingerprint density at radius 1 is 0.587 bits per heavy atom. The highest BCUT2D eigenvalue weighted by atomic mass is 35.7. The minimum absolute atomic E-state index is 0.0183. The van der Waals surface area contributed by atoms with Crippen LogP contribution in [0.25, 0.3) is 22.9 Å². The fourth-order valence-electron chi connectivity index (χ4n) is 4.01. The van der Waals surface area contributed by atoms with Crippen molar-refractivity contribution in [1.29, 1.82) is 0 Å². The number of oxazole rings is 2. The number of methoxy groups -OCH3 is 2. The summed E-state index contributed by atoms with van der Waals surface area (Å²) in [7, 11) is 4.77. The van der Waals surface area contributed by atoms with Gasteiger partial charge in [-0.25, -0.2) is 18.4 Å². The molecule has 0 spiro atoms. The van der Waals surface area contributed by atoms with Gasteiger partial charge in [-0.05, 0) is 84.9 Å². The van der Waals surface area contributed by atoms with Crippen LogP contribution in [0.15, 0.2) is 129 Å². The summed E-state index contributed by atoms with van der Waals surface area (Å²) >= 11 is 0. The van der Waals surface area contributed by atoms with Crippen molar-refractivity contribution < 1.29 is 36.2 Å². The van der Waals surface area contributed by atoms with Gasteiger partial charge in [0, 0.05) is 21.8 Å². The van der Waals surface area contributed by atoms with Crippen LogP contribution in [0.3, 0.4) is 0 Å². The molecule has 46 heavy (non-hydrogen) atoms. The Bertz CT molecular complexity index is 1920. The SMILES string of the molecule is COc1ccc(-c2nc(COc3ccc(S(=O)(=O)Cl)cc3)co2)cc1.COc1ccc(-c2nc(COc3ccccc3)co2)cc1. The van der Waals surface area contributed by atoms with E-state index in [0.717, 1.165) is 34.1 Å². The van der Waals surface area contributed by atoms with E-state index in [1.807, 2.05) is 78.9 Å². The quantitative estimate of drug-likeness (QED) is 0.127. The van der Waals surface area contributed by atoms with Gasteiger partial charge in [0.1, 0.15) is 60.1 Å². The zero-order valence-corrected chi connectivity index (χ0v) is 26.4. The molecular formula is C34H29ClN2O8S. The molecule has 0 aliphatic carbocycles. The number of ether oxygens (including phenoxy) is 4. The predicted molar refractivity (Wildman–Crippen MR) is 172 cm³/mol. The second kappa shape index (κ2) is 15.2. The van der Waals surface area contributed by atoms with Crippen LogP contribution in [0.2, 0.25) is 0 Å². The normalized spacial score (nSPS) is 10.8. The molecule has 0 amide bonds. The van der Waals surface area contributed by atoms with Crippen molar-refractivity contribution in [3.63, 3.8) is 0 Å². The van der Waals surface area contributed by atoms with Gasteiger partial charge in [0.25, 0.3) is 9.05 Å². The Labute approximate surface area is 270 Å². The van der Waals surface area contributed by atoms with Crippen LogP contribution in [-0.2, 0) is 22.3 Å². The van der Waals surface area contributed by atoms with Gasteiger partial charge in [-0.1, -0.05) is 18.2 Å². The molecule has 0 N–H and O–H groups in total. The monoisotopic (exact) mass is 660 g/mol. The van der Waals surface area contributed by atoms with Crippen LogP contribution in [0.5, 0.6) is 23.0 Å². The second-order valence-corrected chi connectivity index (χ2v) is 12.1. The summed E-state index contributed by atoms with van der Waals surface area (Å²) in [5.41, 5.74) is 3.09. The molecule has 236 valence electrons. The van der Waals surface area contributed by atoms with Crippen LogP contribution in [0.1, 0.15) is 11.4 Å². The third-order valence-electron chi connectivity index (χ3n) is 6.40. The Morgan fingerprint density at radius 2 is 1.00 bits per heavy atom. The van der Waals surface area contributed by atoms with Crippen LogP contribution < -0.4 is 18.9 Å². The van der Waals surface area contributed by atoms with Crippen LogP contribution in [0, 0.1) is 0 Å². The number of rotatable bonds is 11. The average Bonchev–Trinajstić information content (AvgIpc) is 3.78. The Hall–Kier alpha value is -5.26. The zero-order chi connectivity index (χ0) is 32.4. The average molecular weight is 661 g/mol. The molecular weight excluding hydrogens is 632 g/mol. The third kappa shape index (κ3) is 8.90. The third-order valence-corrected chi connectivity index (χ3v) is 7.77. The van der Waals surface area contributed by atoms with Gasteiger partial charge >= 0.3 is 0 Å². The Kier molecular flexibility index (Phi) is 10.6. The molecule has 0 unspecified atom stereocenters. The smallest absolute Gasteiger partial charge is 0.261 e. The van der Waals surface area contributed by atoms with Crippen LogP contribution >= 0.6 is 10.7 Å². The van der Waals surface area contributed by atoms with Crippen molar-refractivity contribution in [1.82, 2.24) is 9.97 Å². The molecule has 0 atom stereocenters. The first-order valence-corrected chi connectivity index (χ1v) is 16.1. The van der Waals surface area contributed by atoms with Gasteiger partial charge in [-0.2, -0.15) is 0 Å². The van der Waals surface area contributed by atoms with Crippen molar-refractivity contribution in [2.75, 3.05) is 14.2 Å². The number of benzene rings is 4. The Balaban J connectivity index is 0.000000184. The van der Waals surface area contributed by atoms with E-state index >= 15 is 0 Å². The van der Waals surface area contributed by atoms with E-state index in [1.54, 1.807) is 20.5 Å². The van der Waals surface area contributed by atoms with E-state index < -0.39 is 9.05 Å². The molecule has 6 rings (SSSR count). The highest BCUT2D eigenvalue weighted by Gasteiger charge is 2.11. The lowest BCUT2D eigenvalue weighted by atomic mass is 10.2. The van der Waals surface area contributed by atoms with E-state index in [0.29, 0.717) is 29.8 Å². The predicted octanol–water partition coefficient (Wildman–Crippen LogP) is 7.79. The van der Waals surface area contributed by atoms with E-state index in [4.69, 9.17) is 38.5 Å². The first-order chi connectivity index (χ1) is 22.3. The van der Waals surface area contributed by atoms with Gasteiger partial charge in [0.05, 0.1) is 19.1 Å². The molecule has 0 aliphatic heterocycles. The highest BCUT2D eigenvalue weighted by molar-refractivity contribution is 8.13. The largest absolute Gasteiger partial charge is 0.497 e. The number of nitrogens with zero attached hydrogens (tertiary/aromatic N) is 2. The maximum Gasteiger partial charge on any atom is 0.261 e. The summed E-state index contributed by atoms with van der Waals surface area (Å²) in [6.45, 7) is 0.566. The van der Waals surface area contributed by atoms with E-state index in [-0.39, 0.29) is 11.5 Å². The minimum atomic E-state index is -3.74. The molecule has 4 aromatic carbocycles. The first kappa shape index (κ1) is 32.1. The topological polar surface area (TPSA) is 123 Å². The minimum Gasteiger partial charge on any atom is -0.497 e. The highest BCUT2D eigenvalue weighted by Crippen LogP contribution is 2.24. The molecule has 0 saturated heterocycles. The summed E-state index contributed by atoms with van der Waals surface area (Å²) in [6, 6.07) is 30.3. The van der Waals surface area contributed by atoms with Crippen molar-refractivity contribution >= 4 is 19.7 Å². The van der Waals surface area contributed by atoms with Gasteiger partial charge in [0.2, 0.25) is 11.8 Å². The molecule has 12 heteroatoms. The molecule has 0 bridgehead atoms. The molecule has 0 aliphatic rings. The van der Waals surface area contributed by atoms with E-state index in [9.17, 15) is 8.42 Å². The molecule has 2 heterocycles. The number of hydrogen-bond donors (Lipinski definition) is 0. The molecule has 6 aromatic rings. The summed E-state index contributed by atoms with van der Waals surface area (Å²) in [5.74, 6) is 3.91. The van der Waals surface area contributed by atoms with Gasteiger partial charge in [-0.3, -0.25) is 0 Å². The number of para-hydroxylation sites is 1. The van der Waals surface area contributed by atoms with Crippen molar-refractivity contribution in [3.8, 4) is 45.9 Å². The zero-order valence-electron chi connectivity index (χ0n) is 24.8. The van der Waals surface area contributed by atoms with Gasteiger partial charge in [-0.15, -0.1) is 0 Å². The Morgan fingerprint density at radius 3 is 1.41 bits per heavy atom. The molecule has 2 aromatic heterocycles. The lowest BCUT2D eigenvalue weighted by Gasteiger charge is -2.04. The molecule has 0 fully saturated rings. The van der Waals surface area contributed by atoms with Crippen LogP contribution in [0.4, 0.5) is 0 Å². The van der Waals surface area contributed by atoms with Gasteiger partial charge in [0.15, 0.2) is 0 Å². The van der Waals surface area contributed by atoms with Crippen molar-refractivity contribution in [2.45, 2.75) is 18.1 Å². The summed E-state index contributed by atoms with van der Waals surface area (Å²) in [6.07, 6.45) is 3.12. The first-order valence-electron chi connectivity index (χ1n) is 13.8. The van der Waals surface area contributed by atoms with Gasteiger partial charge < -0.3 is 27.8 Å². The number of hydrogen-bond acceptors (Lipinski definition) is 10.